The van der Waals surface area contributed by atoms with E-state index in [-0.39, 0.29) is 11.7 Å². The first-order chi connectivity index (χ1) is 8.00. The van der Waals surface area contributed by atoms with Crippen LogP contribution in [0.4, 0.5) is 0 Å². The fourth-order valence-corrected chi connectivity index (χ4v) is 1.91. The van der Waals surface area contributed by atoms with Gasteiger partial charge in [0.1, 0.15) is 5.75 Å². The molecule has 0 aliphatic carbocycles. The summed E-state index contributed by atoms with van der Waals surface area (Å²) >= 11 is 3.47. The molecular formula is C13H18BrNO2. The highest BCUT2D eigenvalue weighted by atomic mass is 79.9. The van der Waals surface area contributed by atoms with Gasteiger partial charge in [0, 0.05) is 16.9 Å². The molecule has 0 spiro atoms. The molecule has 0 bridgehead atoms. The maximum atomic E-state index is 11.8. The minimum Gasteiger partial charge on any atom is -0.508 e. The van der Waals surface area contributed by atoms with Gasteiger partial charge in [-0.3, -0.25) is 4.79 Å². The summed E-state index contributed by atoms with van der Waals surface area (Å²) in [6.07, 6.45) is 1.99. The highest BCUT2D eigenvalue weighted by Gasteiger charge is 2.08. The van der Waals surface area contributed by atoms with E-state index >= 15 is 0 Å². The number of nitrogens with one attached hydrogen (secondary N) is 1. The van der Waals surface area contributed by atoms with Crippen molar-refractivity contribution >= 4 is 21.8 Å². The number of aryl methyl sites for hydroxylation is 1. The standard InChI is InChI=1S/C13H18BrNO2/c1-9-8-11(16)5-6-12(9)13(17)15-7-3-4-10(2)14/h5-6,8,10,16H,3-4,7H2,1-2H3,(H,15,17). The second-order valence-corrected chi connectivity index (χ2v) is 5.74. The zero-order chi connectivity index (χ0) is 12.8. The number of carbonyl (C=O) groups is 1. The molecule has 1 unspecified atom stereocenters. The summed E-state index contributed by atoms with van der Waals surface area (Å²) in [4.78, 5) is 12.3. The van der Waals surface area contributed by atoms with E-state index in [1.165, 1.54) is 6.07 Å². The molecule has 1 aromatic rings. The van der Waals surface area contributed by atoms with Crippen LogP contribution in [0.3, 0.4) is 0 Å². The lowest BCUT2D eigenvalue weighted by atomic mass is 10.1. The number of amides is 1. The highest BCUT2D eigenvalue weighted by Crippen LogP contribution is 2.15. The minimum absolute atomic E-state index is 0.0790. The summed E-state index contributed by atoms with van der Waals surface area (Å²) < 4.78 is 0. The molecule has 0 radical (unpaired) electrons. The van der Waals surface area contributed by atoms with Crippen LogP contribution in [-0.4, -0.2) is 22.4 Å². The predicted molar refractivity (Wildman–Crippen MR) is 72.8 cm³/mol. The van der Waals surface area contributed by atoms with E-state index in [1.807, 2.05) is 6.92 Å². The minimum atomic E-state index is -0.0790. The van der Waals surface area contributed by atoms with Gasteiger partial charge in [0.25, 0.3) is 5.91 Å². The molecule has 3 nitrogen and oxygen atoms in total. The summed E-state index contributed by atoms with van der Waals surface area (Å²) in [6, 6.07) is 4.77. The van der Waals surface area contributed by atoms with Crippen molar-refractivity contribution in [1.29, 1.82) is 0 Å². The third-order valence-corrected chi connectivity index (χ3v) is 2.98. The van der Waals surface area contributed by atoms with Crippen LogP contribution in [-0.2, 0) is 0 Å². The Kier molecular flexibility index (Phi) is 5.48. The van der Waals surface area contributed by atoms with Crippen LogP contribution in [0.5, 0.6) is 5.75 Å². The molecule has 17 heavy (non-hydrogen) atoms. The summed E-state index contributed by atoms with van der Waals surface area (Å²) in [5, 5.41) is 12.1. The number of alkyl halides is 1. The van der Waals surface area contributed by atoms with Crippen molar-refractivity contribution in [2.24, 2.45) is 0 Å². The number of hydrogen-bond donors (Lipinski definition) is 2. The van der Waals surface area contributed by atoms with Gasteiger partial charge in [-0.15, -0.1) is 0 Å². The molecule has 1 aromatic carbocycles. The third kappa shape index (κ3) is 4.77. The zero-order valence-corrected chi connectivity index (χ0v) is 11.8. The third-order valence-electron chi connectivity index (χ3n) is 2.52. The van der Waals surface area contributed by atoms with Crippen LogP contribution in [0.1, 0.15) is 35.7 Å². The largest absolute Gasteiger partial charge is 0.508 e. The number of phenols is 1. The average Bonchev–Trinajstić information content (AvgIpc) is 2.23. The number of aromatic hydroxyl groups is 1. The summed E-state index contributed by atoms with van der Waals surface area (Å²) in [6.45, 7) is 4.58. The van der Waals surface area contributed by atoms with Crippen LogP contribution >= 0.6 is 15.9 Å². The average molecular weight is 300 g/mol. The zero-order valence-electron chi connectivity index (χ0n) is 10.2. The second kappa shape index (κ2) is 6.64. The molecule has 0 saturated heterocycles. The van der Waals surface area contributed by atoms with Crippen molar-refractivity contribution in [3.63, 3.8) is 0 Å². The molecule has 0 aliphatic rings. The van der Waals surface area contributed by atoms with Gasteiger partial charge in [-0.1, -0.05) is 22.9 Å². The van der Waals surface area contributed by atoms with Gasteiger partial charge in [-0.2, -0.15) is 0 Å². The van der Waals surface area contributed by atoms with Gasteiger partial charge in [-0.25, -0.2) is 0 Å². The van der Waals surface area contributed by atoms with Crippen molar-refractivity contribution in [2.75, 3.05) is 6.54 Å². The molecule has 1 rings (SSSR count). The fourth-order valence-electron chi connectivity index (χ4n) is 1.58. The van der Waals surface area contributed by atoms with E-state index in [9.17, 15) is 9.90 Å². The number of benzene rings is 1. The van der Waals surface area contributed by atoms with E-state index in [1.54, 1.807) is 12.1 Å². The number of rotatable bonds is 5. The molecule has 0 fully saturated rings. The van der Waals surface area contributed by atoms with Gasteiger partial charge in [0.15, 0.2) is 0 Å². The topological polar surface area (TPSA) is 49.3 Å². The summed E-state index contributed by atoms with van der Waals surface area (Å²) in [5.41, 5.74) is 1.41. The van der Waals surface area contributed by atoms with Crippen LogP contribution in [0.2, 0.25) is 0 Å². The van der Waals surface area contributed by atoms with Gasteiger partial charge >= 0.3 is 0 Å². The molecule has 1 atom stereocenters. The second-order valence-electron chi connectivity index (χ2n) is 4.18. The van der Waals surface area contributed by atoms with Crippen LogP contribution in [0.15, 0.2) is 18.2 Å². The molecule has 0 aromatic heterocycles. The maximum absolute atomic E-state index is 11.8. The first kappa shape index (κ1) is 14.0. The summed E-state index contributed by atoms with van der Waals surface area (Å²) in [5.74, 6) is 0.108. The molecule has 0 heterocycles. The molecule has 0 aliphatic heterocycles. The quantitative estimate of drug-likeness (QED) is 0.649. The Balaban J connectivity index is 2.47. The Morgan fingerprint density at radius 2 is 2.24 bits per heavy atom. The molecular weight excluding hydrogens is 282 g/mol. The molecule has 0 saturated carbocycles. The lowest BCUT2D eigenvalue weighted by Gasteiger charge is -2.08. The Hall–Kier alpha value is -1.03. The molecule has 2 N–H and O–H groups in total. The lowest BCUT2D eigenvalue weighted by Crippen LogP contribution is -2.25. The normalized spacial score (nSPS) is 12.2. The van der Waals surface area contributed by atoms with E-state index in [2.05, 4.69) is 28.2 Å². The van der Waals surface area contributed by atoms with E-state index in [0.717, 1.165) is 18.4 Å². The fraction of sp³-hybridized carbons (Fsp3) is 0.462. The van der Waals surface area contributed by atoms with Crippen LogP contribution in [0.25, 0.3) is 0 Å². The van der Waals surface area contributed by atoms with E-state index < -0.39 is 0 Å². The summed E-state index contributed by atoms with van der Waals surface area (Å²) in [7, 11) is 0. The van der Waals surface area contributed by atoms with Crippen LogP contribution < -0.4 is 5.32 Å². The predicted octanol–water partition coefficient (Wildman–Crippen LogP) is 2.99. The smallest absolute Gasteiger partial charge is 0.251 e. The van der Waals surface area contributed by atoms with Crippen molar-refractivity contribution in [3.8, 4) is 5.75 Å². The highest BCUT2D eigenvalue weighted by molar-refractivity contribution is 9.09. The molecule has 94 valence electrons. The molecule has 4 heteroatoms. The SMILES string of the molecule is Cc1cc(O)ccc1C(=O)NCCCC(C)Br. The number of phenolic OH excluding ortho intramolecular Hbond substituents is 1. The van der Waals surface area contributed by atoms with Crippen molar-refractivity contribution in [2.45, 2.75) is 31.5 Å². The number of hydrogen-bond acceptors (Lipinski definition) is 2. The molecule has 1 amide bonds. The van der Waals surface area contributed by atoms with E-state index in [0.29, 0.717) is 16.9 Å². The van der Waals surface area contributed by atoms with Crippen LogP contribution in [0, 0.1) is 6.92 Å². The van der Waals surface area contributed by atoms with Crippen molar-refractivity contribution in [3.05, 3.63) is 29.3 Å². The van der Waals surface area contributed by atoms with E-state index in [4.69, 9.17) is 0 Å². The Morgan fingerprint density at radius 3 is 2.82 bits per heavy atom. The van der Waals surface area contributed by atoms with Gasteiger partial charge in [0.2, 0.25) is 0 Å². The first-order valence-electron chi connectivity index (χ1n) is 5.72. The Labute approximate surface area is 110 Å². The Bertz CT molecular complexity index is 391. The maximum Gasteiger partial charge on any atom is 0.251 e. The van der Waals surface area contributed by atoms with Gasteiger partial charge < -0.3 is 10.4 Å². The lowest BCUT2D eigenvalue weighted by molar-refractivity contribution is 0.0952. The van der Waals surface area contributed by atoms with Gasteiger partial charge in [0.05, 0.1) is 0 Å². The number of halogens is 1. The monoisotopic (exact) mass is 299 g/mol. The van der Waals surface area contributed by atoms with Crippen molar-refractivity contribution in [1.82, 2.24) is 5.32 Å². The number of carbonyl (C=O) groups excluding carboxylic acids is 1. The van der Waals surface area contributed by atoms with Gasteiger partial charge in [-0.05, 0) is 43.5 Å². The Morgan fingerprint density at radius 1 is 1.53 bits per heavy atom. The van der Waals surface area contributed by atoms with Crippen molar-refractivity contribution < 1.29 is 9.90 Å². The first-order valence-corrected chi connectivity index (χ1v) is 6.64.